The Morgan fingerprint density at radius 3 is 2.76 bits per heavy atom. The molecule has 6 nitrogen and oxygen atoms in total. The van der Waals surface area contributed by atoms with Crippen molar-refractivity contribution in [1.82, 2.24) is 15.1 Å². The molecule has 1 heterocycles. The summed E-state index contributed by atoms with van der Waals surface area (Å²) in [6.45, 7) is 11.7. The van der Waals surface area contributed by atoms with Crippen LogP contribution in [0.3, 0.4) is 0 Å². The predicted molar refractivity (Wildman–Crippen MR) is 142 cm³/mol. The van der Waals surface area contributed by atoms with E-state index in [9.17, 15) is 4.39 Å². The Hall–Kier alpha value is -3.45. The Morgan fingerprint density at radius 2 is 2.12 bits per heavy atom. The fourth-order valence-corrected chi connectivity index (χ4v) is 3.56. The second kappa shape index (κ2) is 14.0. The summed E-state index contributed by atoms with van der Waals surface area (Å²) in [6, 6.07) is 4.90. The molecule has 2 N–H and O–H groups in total. The number of nitrogens with one attached hydrogen (secondary N) is 2. The summed E-state index contributed by atoms with van der Waals surface area (Å²) >= 11 is 5.88. The first-order valence-corrected chi connectivity index (χ1v) is 11.4. The molecule has 34 heavy (non-hydrogen) atoms. The maximum Gasteiger partial charge on any atom is 0.142 e. The molecular formula is C26H32ClFN6. The van der Waals surface area contributed by atoms with Crippen LogP contribution in [0.15, 0.2) is 83.4 Å². The van der Waals surface area contributed by atoms with Gasteiger partial charge in [0.1, 0.15) is 12.5 Å². The van der Waals surface area contributed by atoms with Crippen LogP contribution in [-0.2, 0) is 13.5 Å². The SMILES string of the molecule is C=CN\C=C/C(=C\C(CC)c1ccc(Cl)c(F)c1)C(/C=C\N=C)=N\CNc1cnn(C)c1CC. The van der Waals surface area contributed by atoms with Crippen LogP contribution in [0.25, 0.3) is 0 Å². The van der Waals surface area contributed by atoms with Crippen molar-refractivity contribution in [3.05, 3.63) is 95.5 Å². The van der Waals surface area contributed by atoms with Gasteiger partial charge >= 0.3 is 0 Å². The van der Waals surface area contributed by atoms with Gasteiger partial charge in [-0.05, 0) is 61.2 Å². The van der Waals surface area contributed by atoms with Crippen LogP contribution >= 0.6 is 11.6 Å². The Labute approximate surface area is 206 Å². The molecule has 0 spiro atoms. The van der Waals surface area contributed by atoms with Crippen molar-refractivity contribution in [2.75, 3.05) is 12.0 Å². The fraction of sp³-hybridized carbons (Fsp3) is 0.269. The van der Waals surface area contributed by atoms with Crippen molar-refractivity contribution >= 4 is 29.7 Å². The minimum absolute atomic E-state index is 0.0524. The molecule has 0 aliphatic carbocycles. The van der Waals surface area contributed by atoms with Crippen LogP contribution in [-0.4, -0.2) is 28.9 Å². The molecule has 0 aliphatic rings. The summed E-state index contributed by atoms with van der Waals surface area (Å²) < 4.78 is 16.0. The molecule has 0 aliphatic heterocycles. The minimum Gasteiger partial charge on any atom is -0.368 e. The van der Waals surface area contributed by atoms with Gasteiger partial charge in [-0.25, -0.2) is 4.39 Å². The maximum absolute atomic E-state index is 14.1. The number of aryl methyl sites for hydroxylation is 1. The molecule has 0 amide bonds. The van der Waals surface area contributed by atoms with E-state index in [4.69, 9.17) is 16.6 Å². The monoisotopic (exact) mass is 482 g/mol. The highest BCUT2D eigenvalue weighted by Crippen LogP contribution is 2.27. The number of aromatic nitrogens is 2. The molecule has 0 saturated carbocycles. The molecule has 2 aromatic rings. The van der Waals surface area contributed by atoms with Crippen LogP contribution < -0.4 is 10.6 Å². The normalized spacial score (nSPS) is 13.4. The third-order valence-electron chi connectivity index (χ3n) is 5.22. The topological polar surface area (TPSA) is 66.6 Å². The van der Waals surface area contributed by atoms with E-state index in [0.717, 1.165) is 35.4 Å². The van der Waals surface area contributed by atoms with E-state index in [1.165, 1.54) is 6.07 Å². The largest absolute Gasteiger partial charge is 0.368 e. The van der Waals surface area contributed by atoms with Gasteiger partial charge in [0.15, 0.2) is 0 Å². The number of allylic oxidation sites excluding steroid dienone is 4. The van der Waals surface area contributed by atoms with Crippen molar-refractivity contribution in [3.8, 4) is 0 Å². The Bertz CT molecular complexity index is 1100. The highest BCUT2D eigenvalue weighted by molar-refractivity contribution is 6.30. The van der Waals surface area contributed by atoms with Gasteiger partial charge in [0, 0.05) is 25.4 Å². The molecule has 0 fully saturated rings. The van der Waals surface area contributed by atoms with Crippen molar-refractivity contribution in [3.63, 3.8) is 0 Å². The lowest BCUT2D eigenvalue weighted by Crippen LogP contribution is -2.08. The lowest BCUT2D eigenvalue weighted by molar-refractivity contribution is 0.623. The molecule has 2 rings (SSSR count). The predicted octanol–water partition coefficient (Wildman–Crippen LogP) is 6.17. The smallest absolute Gasteiger partial charge is 0.142 e. The summed E-state index contributed by atoms with van der Waals surface area (Å²) in [5, 5.41) is 10.7. The molecule has 1 atom stereocenters. The Kier molecular flexibility index (Phi) is 11.0. The third kappa shape index (κ3) is 7.56. The van der Waals surface area contributed by atoms with E-state index >= 15 is 0 Å². The molecule has 1 aromatic carbocycles. The van der Waals surface area contributed by atoms with Gasteiger partial charge in [-0.2, -0.15) is 5.10 Å². The molecule has 8 heteroatoms. The maximum atomic E-state index is 14.1. The van der Waals surface area contributed by atoms with E-state index in [0.29, 0.717) is 12.4 Å². The number of benzene rings is 1. The van der Waals surface area contributed by atoms with E-state index in [2.05, 4.69) is 47.0 Å². The first kappa shape index (κ1) is 26.8. The zero-order valence-corrected chi connectivity index (χ0v) is 20.7. The van der Waals surface area contributed by atoms with E-state index in [-0.39, 0.29) is 10.9 Å². The number of hydrogen-bond acceptors (Lipinski definition) is 5. The standard InChI is InChI=1S/C26H32ClFN6/c1-6-19(20-9-10-22(27)23(28)16-20)15-21(11-14-30-8-3)24(12-13-29-4)31-18-32-25-17-33-34(5)26(25)7-2/h8-17,19,30,32H,3-4,6-7,18H2,1-2,5H3/b13-12-,14-11-,21-15+,31-24-. The van der Waals surface area contributed by atoms with E-state index in [1.54, 1.807) is 36.9 Å². The van der Waals surface area contributed by atoms with Crippen molar-refractivity contribution in [2.24, 2.45) is 17.0 Å². The van der Waals surface area contributed by atoms with Gasteiger partial charge in [0.25, 0.3) is 0 Å². The lowest BCUT2D eigenvalue weighted by atomic mass is 9.92. The minimum atomic E-state index is -0.437. The second-order valence-electron chi connectivity index (χ2n) is 7.37. The lowest BCUT2D eigenvalue weighted by Gasteiger charge is -2.14. The third-order valence-corrected chi connectivity index (χ3v) is 5.52. The van der Waals surface area contributed by atoms with Crippen LogP contribution in [0.5, 0.6) is 0 Å². The summed E-state index contributed by atoms with van der Waals surface area (Å²) in [6.07, 6.45) is 14.1. The Balaban J connectivity index is 2.44. The number of aliphatic imine (C=N–C) groups is 2. The van der Waals surface area contributed by atoms with Gasteiger partial charge in [-0.3, -0.25) is 14.7 Å². The molecule has 1 aromatic heterocycles. The molecule has 0 saturated heterocycles. The highest BCUT2D eigenvalue weighted by atomic mass is 35.5. The van der Waals surface area contributed by atoms with Crippen molar-refractivity contribution < 1.29 is 4.39 Å². The Morgan fingerprint density at radius 1 is 1.32 bits per heavy atom. The first-order chi connectivity index (χ1) is 16.4. The molecule has 1 unspecified atom stereocenters. The van der Waals surface area contributed by atoms with Crippen LogP contribution in [0.4, 0.5) is 10.1 Å². The quantitative estimate of drug-likeness (QED) is 0.265. The van der Waals surface area contributed by atoms with Gasteiger partial charge in [-0.15, -0.1) is 0 Å². The average Bonchev–Trinajstić information content (AvgIpc) is 3.19. The van der Waals surface area contributed by atoms with Gasteiger partial charge in [0.2, 0.25) is 0 Å². The molecular weight excluding hydrogens is 451 g/mol. The number of halogens is 2. The van der Waals surface area contributed by atoms with Crippen molar-refractivity contribution in [2.45, 2.75) is 32.6 Å². The van der Waals surface area contributed by atoms with Gasteiger partial charge in [0.05, 0.1) is 28.3 Å². The van der Waals surface area contributed by atoms with E-state index in [1.807, 2.05) is 30.8 Å². The molecule has 180 valence electrons. The van der Waals surface area contributed by atoms with Crippen molar-refractivity contribution in [1.29, 1.82) is 0 Å². The van der Waals surface area contributed by atoms with Gasteiger partial charge < -0.3 is 10.6 Å². The van der Waals surface area contributed by atoms with Crippen LogP contribution in [0.2, 0.25) is 5.02 Å². The second-order valence-corrected chi connectivity index (χ2v) is 7.78. The van der Waals surface area contributed by atoms with E-state index < -0.39 is 5.82 Å². The number of hydrogen-bond donors (Lipinski definition) is 2. The summed E-state index contributed by atoms with van der Waals surface area (Å²) in [5.74, 6) is -0.489. The summed E-state index contributed by atoms with van der Waals surface area (Å²) in [7, 11) is 1.92. The zero-order chi connectivity index (χ0) is 24.9. The summed E-state index contributed by atoms with van der Waals surface area (Å²) in [4.78, 5) is 8.60. The first-order valence-electron chi connectivity index (χ1n) is 11.1. The number of rotatable bonds is 13. The average molecular weight is 483 g/mol. The zero-order valence-electron chi connectivity index (χ0n) is 19.9. The number of anilines is 1. The van der Waals surface area contributed by atoms with Crippen LogP contribution in [0.1, 0.15) is 37.4 Å². The number of nitrogens with zero attached hydrogens (tertiary/aromatic N) is 4. The molecule has 0 bridgehead atoms. The fourth-order valence-electron chi connectivity index (χ4n) is 3.44. The van der Waals surface area contributed by atoms with Gasteiger partial charge in [-0.1, -0.05) is 44.2 Å². The molecule has 0 radical (unpaired) electrons. The highest BCUT2D eigenvalue weighted by Gasteiger charge is 2.12. The summed E-state index contributed by atoms with van der Waals surface area (Å²) in [5.41, 5.74) is 4.40. The van der Waals surface area contributed by atoms with Crippen LogP contribution in [0, 0.1) is 5.82 Å².